The van der Waals surface area contributed by atoms with Crippen LogP contribution in [0.2, 0.25) is 0 Å². The first-order valence-corrected chi connectivity index (χ1v) is 5.10. The van der Waals surface area contributed by atoms with E-state index < -0.39 is 0 Å². The summed E-state index contributed by atoms with van der Waals surface area (Å²) in [6, 6.07) is 10.5. The zero-order chi connectivity index (χ0) is 9.52. The molecule has 2 N–H and O–H groups in total. The fraction of sp³-hybridized carbons (Fsp3) is 0.500. The van der Waals surface area contributed by atoms with Crippen LogP contribution in [0, 0.1) is 5.92 Å². The molecule has 0 radical (unpaired) electrons. The van der Waals surface area contributed by atoms with E-state index in [-0.39, 0.29) is 0 Å². The molecular formula is C12H19N. The van der Waals surface area contributed by atoms with Crippen LogP contribution < -0.4 is 5.73 Å². The summed E-state index contributed by atoms with van der Waals surface area (Å²) in [7, 11) is 0. The topological polar surface area (TPSA) is 26.0 Å². The van der Waals surface area contributed by atoms with Crippen molar-refractivity contribution in [1.82, 2.24) is 0 Å². The van der Waals surface area contributed by atoms with Crippen molar-refractivity contribution in [2.45, 2.75) is 26.2 Å². The van der Waals surface area contributed by atoms with Gasteiger partial charge in [0.15, 0.2) is 0 Å². The monoisotopic (exact) mass is 177 g/mol. The van der Waals surface area contributed by atoms with Gasteiger partial charge >= 0.3 is 0 Å². The van der Waals surface area contributed by atoms with E-state index in [0.29, 0.717) is 0 Å². The van der Waals surface area contributed by atoms with Crippen LogP contribution in [-0.2, 0) is 6.42 Å². The zero-order valence-electron chi connectivity index (χ0n) is 8.37. The van der Waals surface area contributed by atoms with E-state index in [2.05, 4.69) is 31.2 Å². The smallest absolute Gasteiger partial charge is 0.00489 e. The Labute approximate surface area is 81.0 Å². The van der Waals surface area contributed by atoms with Gasteiger partial charge in [0.05, 0.1) is 0 Å². The lowest BCUT2D eigenvalue weighted by Crippen LogP contribution is -1.98. The van der Waals surface area contributed by atoms with Gasteiger partial charge in [-0.1, -0.05) is 37.3 Å². The highest BCUT2D eigenvalue weighted by atomic mass is 14.6. The zero-order valence-corrected chi connectivity index (χ0v) is 8.37. The van der Waals surface area contributed by atoms with Gasteiger partial charge in [0, 0.05) is 0 Å². The maximum absolute atomic E-state index is 5.23. The van der Waals surface area contributed by atoms with Crippen LogP contribution in [-0.4, -0.2) is 6.54 Å². The molecule has 0 amide bonds. The lowest BCUT2D eigenvalue weighted by atomic mass is 10.2. The molecule has 2 rings (SSSR count). The van der Waals surface area contributed by atoms with Crippen LogP contribution in [0.1, 0.15) is 25.3 Å². The van der Waals surface area contributed by atoms with E-state index >= 15 is 0 Å². The van der Waals surface area contributed by atoms with Crippen LogP contribution in [0.5, 0.6) is 0 Å². The summed E-state index contributed by atoms with van der Waals surface area (Å²) >= 11 is 0. The predicted octanol–water partition coefficient (Wildman–Crippen LogP) is 2.60. The molecule has 0 heterocycles. The lowest BCUT2D eigenvalue weighted by Gasteiger charge is -1.89. The fourth-order valence-corrected chi connectivity index (χ4v) is 1.07. The molecule has 1 aromatic rings. The molecule has 0 saturated heterocycles. The Bertz CT molecular complexity index is 214. The summed E-state index contributed by atoms with van der Waals surface area (Å²) in [5.41, 5.74) is 6.64. The third-order valence-corrected chi connectivity index (χ3v) is 2.28. The van der Waals surface area contributed by atoms with Crippen molar-refractivity contribution in [3.63, 3.8) is 0 Å². The van der Waals surface area contributed by atoms with Crippen LogP contribution in [0.15, 0.2) is 30.3 Å². The summed E-state index contributed by atoms with van der Waals surface area (Å²) < 4.78 is 0. The molecule has 0 spiro atoms. The van der Waals surface area contributed by atoms with Crippen molar-refractivity contribution in [1.29, 1.82) is 0 Å². The standard InChI is InChI=1S/C8H10.C4H9N/c1-2-8-6-4-3-5-7-8;5-3-4-1-2-4/h3-7H,2H2,1H3;4H,1-3,5H2. The van der Waals surface area contributed by atoms with Crippen LogP contribution >= 0.6 is 0 Å². The molecule has 0 atom stereocenters. The van der Waals surface area contributed by atoms with E-state index in [1.165, 1.54) is 18.4 Å². The number of aryl methyl sites for hydroxylation is 1. The molecule has 0 bridgehead atoms. The van der Waals surface area contributed by atoms with Crippen molar-refractivity contribution < 1.29 is 0 Å². The predicted molar refractivity (Wildman–Crippen MR) is 57.6 cm³/mol. The van der Waals surface area contributed by atoms with Gasteiger partial charge < -0.3 is 5.73 Å². The lowest BCUT2D eigenvalue weighted by molar-refractivity contribution is 0.847. The molecule has 1 aliphatic carbocycles. The van der Waals surface area contributed by atoms with Crippen molar-refractivity contribution in [2.24, 2.45) is 11.7 Å². The van der Waals surface area contributed by atoms with Gasteiger partial charge in [-0.15, -0.1) is 0 Å². The summed E-state index contributed by atoms with van der Waals surface area (Å²) in [4.78, 5) is 0. The Kier molecular flexibility index (Phi) is 4.55. The minimum Gasteiger partial charge on any atom is -0.330 e. The number of nitrogens with two attached hydrogens (primary N) is 1. The van der Waals surface area contributed by atoms with Gasteiger partial charge in [0.1, 0.15) is 0 Å². The van der Waals surface area contributed by atoms with Gasteiger partial charge in [0.25, 0.3) is 0 Å². The van der Waals surface area contributed by atoms with E-state index in [9.17, 15) is 0 Å². The van der Waals surface area contributed by atoms with Crippen molar-refractivity contribution >= 4 is 0 Å². The first-order chi connectivity index (χ1) is 6.36. The van der Waals surface area contributed by atoms with Gasteiger partial charge in [-0.2, -0.15) is 0 Å². The molecule has 0 unspecified atom stereocenters. The van der Waals surface area contributed by atoms with Crippen molar-refractivity contribution in [2.75, 3.05) is 6.54 Å². The Morgan fingerprint density at radius 2 is 1.85 bits per heavy atom. The minimum absolute atomic E-state index is 0.912. The molecule has 1 nitrogen and oxygen atoms in total. The quantitative estimate of drug-likeness (QED) is 0.738. The molecule has 1 aromatic carbocycles. The SMILES string of the molecule is CCc1ccccc1.NCC1CC1. The highest BCUT2D eigenvalue weighted by molar-refractivity contribution is 5.13. The Morgan fingerprint density at radius 1 is 1.23 bits per heavy atom. The van der Waals surface area contributed by atoms with Crippen molar-refractivity contribution in [3.05, 3.63) is 35.9 Å². The number of benzene rings is 1. The molecule has 1 fully saturated rings. The average molecular weight is 177 g/mol. The minimum atomic E-state index is 0.912. The second-order valence-electron chi connectivity index (χ2n) is 3.52. The normalized spacial score (nSPS) is 14.6. The van der Waals surface area contributed by atoms with Crippen LogP contribution in [0.25, 0.3) is 0 Å². The van der Waals surface area contributed by atoms with Crippen LogP contribution in [0.3, 0.4) is 0 Å². The summed E-state index contributed by atoms with van der Waals surface area (Å²) in [5.74, 6) is 0.912. The van der Waals surface area contributed by atoms with E-state index in [0.717, 1.165) is 18.9 Å². The average Bonchev–Trinajstić information content (AvgIpc) is 3.03. The highest BCUT2D eigenvalue weighted by Gasteiger charge is 2.17. The van der Waals surface area contributed by atoms with Gasteiger partial charge in [-0.25, -0.2) is 0 Å². The Morgan fingerprint density at radius 3 is 2.08 bits per heavy atom. The molecule has 72 valence electrons. The summed E-state index contributed by atoms with van der Waals surface area (Å²) in [6.45, 7) is 3.08. The van der Waals surface area contributed by atoms with Crippen molar-refractivity contribution in [3.8, 4) is 0 Å². The van der Waals surface area contributed by atoms with Crippen LogP contribution in [0.4, 0.5) is 0 Å². The Hall–Kier alpha value is -0.820. The molecule has 13 heavy (non-hydrogen) atoms. The molecule has 1 saturated carbocycles. The molecule has 1 aliphatic rings. The van der Waals surface area contributed by atoms with Gasteiger partial charge in [-0.3, -0.25) is 0 Å². The summed E-state index contributed by atoms with van der Waals surface area (Å²) in [6.07, 6.45) is 3.91. The largest absolute Gasteiger partial charge is 0.330 e. The first kappa shape index (κ1) is 10.3. The summed E-state index contributed by atoms with van der Waals surface area (Å²) in [5, 5.41) is 0. The third kappa shape index (κ3) is 4.69. The Balaban J connectivity index is 0.000000145. The van der Waals surface area contributed by atoms with Gasteiger partial charge in [-0.05, 0) is 37.3 Å². The van der Waals surface area contributed by atoms with Gasteiger partial charge in [0.2, 0.25) is 0 Å². The number of rotatable bonds is 2. The van der Waals surface area contributed by atoms with E-state index in [1.54, 1.807) is 0 Å². The highest BCUT2D eigenvalue weighted by Crippen LogP contribution is 2.26. The number of hydrogen-bond donors (Lipinski definition) is 1. The number of hydrogen-bond acceptors (Lipinski definition) is 1. The fourth-order valence-electron chi connectivity index (χ4n) is 1.07. The first-order valence-electron chi connectivity index (χ1n) is 5.10. The molecular weight excluding hydrogens is 158 g/mol. The maximum Gasteiger partial charge on any atom is -0.00489 e. The van der Waals surface area contributed by atoms with E-state index in [4.69, 9.17) is 5.73 Å². The molecule has 0 aromatic heterocycles. The maximum atomic E-state index is 5.23. The second-order valence-corrected chi connectivity index (χ2v) is 3.52. The molecule has 1 heteroatoms. The molecule has 0 aliphatic heterocycles. The third-order valence-electron chi connectivity index (χ3n) is 2.28. The van der Waals surface area contributed by atoms with E-state index in [1.807, 2.05) is 6.07 Å². The second kappa shape index (κ2) is 5.76.